The van der Waals surface area contributed by atoms with Crippen LogP contribution in [0.1, 0.15) is 36.3 Å². The maximum absolute atomic E-state index is 12.7. The Labute approximate surface area is 186 Å². The van der Waals surface area contributed by atoms with Gasteiger partial charge in [0.25, 0.3) is 0 Å². The SMILES string of the molecule is Cn1cc(-c2cc3c(N4CC(C(=O)CCc5ccc(C6CC6)cc5)C4)ncnn3c2)cn1. The maximum atomic E-state index is 12.7. The highest BCUT2D eigenvalue weighted by molar-refractivity contribution is 5.85. The van der Waals surface area contributed by atoms with Crippen molar-refractivity contribution in [2.45, 2.75) is 31.6 Å². The van der Waals surface area contributed by atoms with Crippen LogP contribution < -0.4 is 4.90 Å². The summed E-state index contributed by atoms with van der Waals surface area (Å²) in [6, 6.07) is 10.9. The quantitative estimate of drug-likeness (QED) is 0.451. The average Bonchev–Trinajstić information content (AvgIpc) is 3.38. The fourth-order valence-corrected chi connectivity index (χ4v) is 4.59. The number of ketones is 1. The van der Waals surface area contributed by atoms with Crippen LogP contribution in [-0.2, 0) is 18.3 Å². The van der Waals surface area contributed by atoms with Gasteiger partial charge in [-0.05, 0) is 42.4 Å². The number of aromatic nitrogens is 5. The molecule has 1 saturated heterocycles. The minimum Gasteiger partial charge on any atom is -0.353 e. The average molecular weight is 427 g/mol. The summed E-state index contributed by atoms with van der Waals surface area (Å²) in [7, 11) is 1.91. The number of Topliss-reactive ketones (excluding diaryl/α,β-unsaturated/α-hetero) is 1. The number of nitrogens with zero attached hydrogens (tertiary/aromatic N) is 6. The number of hydrogen-bond acceptors (Lipinski definition) is 5. The van der Waals surface area contributed by atoms with E-state index in [2.05, 4.69) is 50.4 Å². The van der Waals surface area contributed by atoms with E-state index in [4.69, 9.17) is 0 Å². The van der Waals surface area contributed by atoms with E-state index in [9.17, 15) is 4.79 Å². The van der Waals surface area contributed by atoms with Crippen molar-refractivity contribution in [3.8, 4) is 11.1 Å². The summed E-state index contributed by atoms with van der Waals surface area (Å²) >= 11 is 0. The van der Waals surface area contributed by atoms with Gasteiger partial charge in [0.2, 0.25) is 0 Å². The zero-order chi connectivity index (χ0) is 21.7. The molecule has 4 heterocycles. The minimum atomic E-state index is 0.0866. The summed E-state index contributed by atoms with van der Waals surface area (Å²) in [6.45, 7) is 1.44. The molecule has 6 rings (SSSR count). The van der Waals surface area contributed by atoms with Gasteiger partial charge >= 0.3 is 0 Å². The highest BCUT2D eigenvalue weighted by Gasteiger charge is 2.34. The Morgan fingerprint density at radius 1 is 1.06 bits per heavy atom. The number of carbonyl (C=O) groups excluding carboxylic acids is 1. The molecule has 162 valence electrons. The Morgan fingerprint density at radius 2 is 1.88 bits per heavy atom. The molecule has 4 aromatic rings. The summed E-state index contributed by atoms with van der Waals surface area (Å²) in [5.74, 6) is 2.10. The van der Waals surface area contributed by atoms with Gasteiger partial charge in [-0.2, -0.15) is 10.2 Å². The lowest BCUT2D eigenvalue weighted by Crippen LogP contribution is -2.51. The van der Waals surface area contributed by atoms with E-state index < -0.39 is 0 Å². The van der Waals surface area contributed by atoms with Crippen molar-refractivity contribution >= 4 is 17.1 Å². The number of fused-ring (bicyclic) bond motifs is 1. The largest absolute Gasteiger partial charge is 0.353 e. The molecule has 7 heteroatoms. The van der Waals surface area contributed by atoms with Crippen LogP contribution in [0.4, 0.5) is 5.82 Å². The zero-order valence-electron chi connectivity index (χ0n) is 18.2. The van der Waals surface area contributed by atoms with E-state index >= 15 is 0 Å². The van der Waals surface area contributed by atoms with E-state index in [-0.39, 0.29) is 5.92 Å². The Morgan fingerprint density at radius 3 is 2.59 bits per heavy atom. The van der Waals surface area contributed by atoms with Gasteiger partial charge in [0.1, 0.15) is 17.6 Å². The first-order valence-corrected chi connectivity index (χ1v) is 11.3. The number of aryl methyl sites for hydroxylation is 2. The first-order chi connectivity index (χ1) is 15.6. The number of hydrogen-bond donors (Lipinski definition) is 0. The van der Waals surface area contributed by atoms with E-state index in [1.807, 2.05) is 30.2 Å². The number of carbonyl (C=O) groups is 1. The third-order valence-corrected chi connectivity index (χ3v) is 6.75. The molecule has 1 aliphatic carbocycles. The smallest absolute Gasteiger partial charge is 0.156 e. The maximum Gasteiger partial charge on any atom is 0.156 e. The topological polar surface area (TPSA) is 68.3 Å². The molecule has 2 fully saturated rings. The normalized spacial score (nSPS) is 16.5. The summed E-state index contributed by atoms with van der Waals surface area (Å²) in [4.78, 5) is 19.4. The lowest BCUT2D eigenvalue weighted by molar-refractivity contribution is -0.123. The fourth-order valence-electron chi connectivity index (χ4n) is 4.59. The summed E-state index contributed by atoms with van der Waals surface area (Å²) < 4.78 is 3.64. The molecule has 0 unspecified atom stereocenters. The van der Waals surface area contributed by atoms with Crippen molar-refractivity contribution in [1.29, 1.82) is 0 Å². The molecule has 1 saturated carbocycles. The van der Waals surface area contributed by atoms with Crippen molar-refractivity contribution in [2.24, 2.45) is 13.0 Å². The van der Waals surface area contributed by atoms with Crippen LogP contribution in [0.5, 0.6) is 0 Å². The number of benzene rings is 1. The molecule has 0 amide bonds. The lowest BCUT2D eigenvalue weighted by Gasteiger charge is -2.39. The molecular weight excluding hydrogens is 400 g/mol. The Hall–Kier alpha value is -3.48. The van der Waals surface area contributed by atoms with Gasteiger partial charge in [-0.15, -0.1) is 0 Å². The van der Waals surface area contributed by atoms with Crippen LogP contribution in [0.25, 0.3) is 16.6 Å². The predicted octanol–water partition coefficient (Wildman–Crippen LogP) is 3.65. The Balaban J connectivity index is 1.09. The number of rotatable bonds is 7. The minimum absolute atomic E-state index is 0.0866. The Kier molecular flexibility index (Phi) is 4.56. The molecule has 0 atom stereocenters. The summed E-state index contributed by atoms with van der Waals surface area (Å²) in [5, 5.41) is 8.61. The molecule has 0 bridgehead atoms. The predicted molar refractivity (Wildman–Crippen MR) is 123 cm³/mol. The zero-order valence-corrected chi connectivity index (χ0v) is 18.2. The van der Waals surface area contributed by atoms with Gasteiger partial charge in [0.05, 0.1) is 12.1 Å². The van der Waals surface area contributed by atoms with Crippen molar-refractivity contribution in [2.75, 3.05) is 18.0 Å². The van der Waals surface area contributed by atoms with Gasteiger partial charge in [-0.25, -0.2) is 9.50 Å². The van der Waals surface area contributed by atoms with Crippen molar-refractivity contribution in [3.05, 3.63) is 66.4 Å². The molecule has 2 aliphatic rings. The van der Waals surface area contributed by atoms with Crippen LogP contribution >= 0.6 is 0 Å². The van der Waals surface area contributed by atoms with E-state index in [1.165, 1.54) is 24.0 Å². The van der Waals surface area contributed by atoms with Gasteiger partial charge in [0, 0.05) is 50.1 Å². The van der Waals surface area contributed by atoms with Crippen LogP contribution in [0.15, 0.2) is 55.2 Å². The second kappa shape index (κ2) is 7.58. The highest BCUT2D eigenvalue weighted by atomic mass is 16.1. The van der Waals surface area contributed by atoms with Crippen molar-refractivity contribution in [1.82, 2.24) is 24.4 Å². The van der Waals surface area contributed by atoms with E-state index in [0.717, 1.165) is 47.9 Å². The first kappa shape index (κ1) is 19.2. The molecule has 0 N–H and O–H groups in total. The number of anilines is 1. The third kappa shape index (κ3) is 3.57. The summed E-state index contributed by atoms with van der Waals surface area (Å²) in [5.41, 5.74) is 5.76. The molecular formula is C25H26N6O. The molecule has 1 aromatic carbocycles. The Bertz CT molecular complexity index is 1280. The lowest BCUT2D eigenvalue weighted by atomic mass is 9.91. The fraction of sp³-hybridized carbons (Fsp3) is 0.360. The van der Waals surface area contributed by atoms with Crippen LogP contribution in [0.3, 0.4) is 0 Å². The van der Waals surface area contributed by atoms with E-state index in [0.29, 0.717) is 12.2 Å². The van der Waals surface area contributed by atoms with Crippen LogP contribution in [0, 0.1) is 5.92 Å². The second-order valence-corrected chi connectivity index (χ2v) is 9.13. The van der Waals surface area contributed by atoms with Gasteiger partial charge in [0.15, 0.2) is 5.82 Å². The molecule has 32 heavy (non-hydrogen) atoms. The third-order valence-electron chi connectivity index (χ3n) is 6.75. The standard InChI is InChI=1S/C25H26N6O/c1-29-12-21(11-27-29)20-10-23-25(26-16-28-31(23)15-20)30-13-22(14-30)24(32)9-4-17-2-5-18(6-3-17)19-7-8-19/h2-3,5-6,10-12,15-16,19,22H,4,7-9,13-14H2,1H3. The molecule has 0 radical (unpaired) electrons. The molecule has 3 aromatic heterocycles. The molecule has 1 aliphatic heterocycles. The van der Waals surface area contributed by atoms with Gasteiger partial charge < -0.3 is 4.90 Å². The van der Waals surface area contributed by atoms with Gasteiger partial charge in [-0.1, -0.05) is 24.3 Å². The second-order valence-electron chi connectivity index (χ2n) is 9.13. The molecule has 7 nitrogen and oxygen atoms in total. The van der Waals surface area contributed by atoms with Crippen LogP contribution in [0.2, 0.25) is 0 Å². The highest BCUT2D eigenvalue weighted by Crippen LogP contribution is 2.40. The molecule has 0 spiro atoms. The summed E-state index contributed by atoms with van der Waals surface area (Å²) in [6.07, 6.45) is 11.5. The van der Waals surface area contributed by atoms with Crippen molar-refractivity contribution < 1.29 is 4.79 Å². The van der Waals surface area contributed by atoms with Crippen molar-refractivity contribution in [3.63, 3.8) is 0 Å². The van der Waals surface area contributed by atoms with Gasteiger partial charge in [-0.3, -0.25) is 9.48 Å². The monoisotopic (exact) mass is 426 g/mol. The first-order valence-electron chi connectivity index (χ1n) is 11.3. The van der Waals surface area contributed by atoms with E-state index in [1.54, 1.807) is 11.0 Å². The van der Waals surface area contributed by atoms with Crippen LogP contribution in [-0.4, -0.2) is 43.3 Å².